The van der Waals surface area contributed by atoms with E-state index >= 15 is 0 Å². The van der Waals surface area contributed by atoms with E-state index in [1.807, 2.05) is 0 Å². The second-order valence-electron chi connectivity index (χ2n) is 8.95. The summed E-state index contributed by atoms with van der Waals surface area (Å²) in [5, 5.41) is 13.7. The fourth-order valence-electron chi connectivity index (χ4n) is 6.20. The van der Waals surface area contributed by atoms with Crippen molar-refractivity contribution in [2.24, 2.45) is 0 Å². The van der Waals surface area contributed by atoms with Crippen molar-refractivity contribution < 1.29 is 0 Å². The van der Waals surface area contributed by atoms with Crippen LogP contribution in [0.25, 0.3) is 76.1 Å². The molecule has 1 aliphatic carbocycles. The number of benzene rings is 7. The topological polar surface area (TPSA) is 0 Å². The number of rotatable bonds is 0. The standard InChI is InChI=1S/C31H18/c1-17-14-15-25-29-20(17)9-5-12-22(29)21-10-4-8-19-16-26-23-11-2-6-18-7-3-13-24(27(18)23)30(26)31(25)28(19)21/h2-16H,1H3. The number of aryl methyl sites for hydroxylation is 1. The molecular weight excluding hydrogens is 372 g/mol. The van der Waals surface area contributed by atoms with Gasteiger partial charge in [-0.3, -0.25) is 0 Å². The lowest BCUT2D eigenvalue weighted by atomic mass is 9.84. The molecule has 7 aromatic rings. The fourth-order valence-corrected chi connectivity index (χ4v) is 6.20. The first kappa shape index (κ1) is 15.9. The molecule has 0 unspecified atom stereocenters. The molecule has 0 aliphatic heterocycles. The van der Waals surface area contributed by atoms with E-state index in [2.05, 4.69) is 97.9 Å². The summed E-state index contributed by atoms with van der Waals surface area (Å²) in [5.41, 5.74) is 6.87. The average molecular weight is 390 g/mol. The van der Waals surface area contributed by atoms with Gasteiger partial charge in [0.15, 0.2) is 0 Å². The van der Waals surface area contributed by atoms with Crippen LogP contribution in [0.4, 0.5) is 0 Å². The van der Waals surface area contributed by atoms with Crippen LogP contribution in [0, 0.1) is 6.92 Å². The Labute approximate surface area is 179 Å². The fraction of sp³-hybridized carbons (Fsp3) is 0.0323. The Kier molecular flexibility index (Phi) is 2.68. The van der Waals surface area contributed by atoms with Crippen LogP contribution in [0.1, 0.15) is 5.56 Å². The molecule has 0 amide bonds. The van der Waals surface area contributed by atoms with Crippen LogP contribution in [-0.4, -0.2) is 0 Å². The molecule has 0 heterocycles. The molecule has 0 heteroatoms. The average Bonchev–Trinajstić information content (AvgIpc) is 3.13. The van der Waals surface area contributed by atoms with E-state index in [1.165, 1.54) is 81.7 Å². The molecule has 0 saturated heterocycles. The summed E-state index contributed by atoms with van der Waals surface area (Å²) in [4.78, 5) is 0. The first-order chi connectivity index (χ1) is 15.3. The van der Waals surface area contributed by atoms with Gasteiger partial charge >= 0.3 is 0 Å². The van der Waals surface area contributed by atoms with E-state index in [-0.39, 0.29) is 0 Å². The third-order valence-electron chi connectivity index (χ3n) is 7.45. The first-order valence-electron chi connectivity index (χ1n) is 11.0. The second kappa shape index (κ2) is 5.22. The molecule has 7 aromatic carbocycles. The Hall–Kier alpha value is -3.90. The van der Waals surface area contributed by atoms with Crippen LogP contribution >= 0.6 is 0 Å². The summed E-state index contributed by atoms with van der Waals surface area (Å²) in [6, 6.07) is 34.2. The van der Waals surface area contributed by atoms with Crippen molar-refractivity contribution >= 4 is 53.9 Å². The van der Waals surface area contributed by atoms with Crippen molar-refractivity contribution in [2.45, 2.75) is 6.92 Å². The van der Waals surface area contributed by atoms with Gasteiger partial charge in [-0.1, -0.05) is 84.9 Å². The molecule has 0 fully saturated rings. The van der Waals surface area contributed by atoms with Crippen molar-refractivity contribution in [1.29, 1.82) is 0 Å². The SMILES string of the molecule is Cc1ccc2c3c4c(cc5cccc(c6cccc1c62)c53)-c1cccc2cccc-4c12. The van der Waals surface area contributed by atoms with Crippen molar-refractivity contribution in [1.82, 2.24) is 0 Å². The van der Waals surface area contributed by atoms with E-state index in [0.29, 0.717) is 0 Å². The Morgan fingerprint density at radius 2 is 1.10 bits per heavy atom. The summed E-state index contributed by atoms with van der Waals surface area (Å²) in [7, 11) is 0. The highest BCUT2D eigenvalue weighted by Gasteiger charge is 2.26. The monoisotopic (exact) mass is 390 g/mol. The van der Waals surface area contributed by atoms with E-state index in [0.717, 1.165) is 0 Å². The van der Waals surface area contributed by atoms with E-state index < -0.39 is 0 Å². The summed E-state index contributed by atoms with van der Waals surface area (Å²) in [6.45, 7) is 2.23. The molecule has 31 heavy (non-hydrogen) atoms. The van der Waals surface area contributed by atoms with Gasteiger partial charge < -0.3 is 0 Å². The molecule has 0 atom stereocenters. The molecule has 8 rings (SSSR count). The van der Waals surface area contributed by atoms with Crippen LogP contribution in [-0.2, 0) is 0 Å². The summed E-state index contributed by atoms with van der Waals surface area (Å²) in [5.74, 6) is 0. The van der Waals surface area contributed by atoms with E-state index in [1.54, 1.807) is 0 Å². The van der Waals surface area contributed by atoms with Crippen molar-refractivity contribution in [3.63, 3.8) is 0 Å². The highest BCUT2D eigenvalue weighted by molar-refractivity contribution is 6.38. The molecular formula is C31H18. The molecule has 142 valence electrons. The van der Waals surface area contributed by atoms with Crippen molar-refractivity contribution in [3.05, 3.63) is 96.6 Å². The normalized spacial score (nSPS) is 12.7. The molecule has 0 bridgehead atoms. The highest BCUT2D eigenvalue weighted by Crippen LogP contribution is 2.54. The zero-order valence-electron chi connectivity index (χ0n) is 17.2. The van der Waals surface area contributed by atoms with Gasteiger partial charge in [0.25, 0.3) is 0 Å². The molecule has 0 aromatic heterocycles. The van der Waals surface area contributed by atoms with Crippen LogP contribution in [0.5, 0.6) is 0 Å². The van der Waals surface area contributed by atoms with Crippen LogP contribution < -0.4 is 0 Å². The van der Waals surface area contributed by atoms with Crippen LogP contribution in [0.15, 0.2) is 91.0 Å². The maximum absolute atomic E-state index is 2.42. The van der Waals surface area contributed by atoms with Gasteiger partial charge in [-0.05, 0) is 94.7 Å². The van der Waals surface area contributed by atoms with Crippen LogP contribution in [0.2, 0.25) is 0 Å². The van der Waals surface area contributed by atoms with E-state index in [4.69, 9.17) is 0 Å². The maximum Gasteiger partial charge on any atom is -0.000762 e. The lowest BCUT2D eigenvalue weighted by Crippen LogP contribution is -1.91. The number of hydrogen-bond acceptors (Lipinski definition) is 0. The zero-order valence-corrected chi connectivity index (χ0v) is 17.2. The van der Waals surface area contributed by atoms with Crippen molar-refractivity contribution in [2.75, 3.05) is 0 Å². The van der Waals surface area contributed by atoms with Gasteiger partial charge in [0, 0.05) is 0 Å². The van der Waals surface area contributed by atoms with Gasteiger partial charge in [-0.15, -0.1) is 0 Å². The lowest BCUT2D eigenvalue weighted by Gasteiger charge is -2.18. The minimum absolute atomic E-state index is 1.33. The first-order valence-corrected chi connectivity index (χ1v) is 11.0. The molecule has 0 spiro atoms. The smallest absolute Gasteiger partial charge is 0.000762 e. The van der Waals surface area contributed by atoms with E-state index in [9.17, 15) is 0 Å². The van der Waals surface area contributed by atoms with Crippen LogP contribution in [0.3, 0.4) is 0 Å². The minimum Gasteiger partial charge on any atom is -0.0610 e. The summed E-state index contributed by atoms with van der Waals surface area (Å²) in [6.07, 6.45) is 0. The third-order valence-corrected chi connectivity index (χ3v) is 7.45. The summed E-state index contributed by atoms with van der Waals surface area (Å²) < 4.78 is 0. The quantitative estimate of drug-likeness (QED) is 0.179. The zero-order chi connectivity index (χ0) is 20.3. The Bertz CT molecular complexity index is 1880. The number of hydrogen-bond donors (Lipinski definition) is 0. The molecule has 0 N–H and O–H groups in total. The van der Waals surface area contributed by atoms with Gasteiger partial charge in [0.1, 0.15) is 0 Å². The minimum atomic E-state index is 1.33. The predicted octanol–water partition coefficient (Wildman–Crippen LogP) is 8.85. The maximum atomic E-state index is 2.42. The van der Waals surface area contributed by atoms with Gasteiger partial charge in [-0.25, -0.2) is 0 Å². The number of fused-ring (bicyclic) bond motifs is 6. The van der Waals surface area contributed by atoms with Gasteiger partial charge in [-0.2, -0.15) is 0 Å². The Morgan fingerprint density at radius 3 is 1.97 bits per heavy atom. The molecule has 0 saturated carbocycles. The van der Waals surface area contributed by atoms with Crippen molar-refractivity contribution in [3.8, 4) is 22.3 Å². The Morgan fingerprint density at radius 1 is 0.419 bits per heavy atom. The van der Waals surface area contributed by atoms with Gasteiger partial charge in [0.2, 0.25) is 0 Å². The molecule has 0 nitrogen and oxygen atoms in total. The molecule has 0 radical (unpaired) electrons. The summed E-state index contributed by atoms with van der Waals surface area (Å²) >= 11 is 0. The third kappa shape index (κ3) is 1.75. The highest BCUT2D eigenvalue weighted by atomic mass is 14.3. The Balaban J connectivity index is 1.77. The largest absolute Gasteiger partial charge is 0.0610 e. The second-order valence-corrected chi connectivity index (χ2v) is 8.95. The predicted molar refractivity (Wildman–Crippen MR) is 134 cm³/mol. The molecule has 1 aliphatic rings. The lowest BCUT2D eigenvalue weighted by molar-refractivity contribution is 1.55. The van der Waals surface area contributed by atoms with Gasteiger partial charge in [0.05, 0.1) is 0 Å².